The van der Waals surface area contributed by atoms with Crippen LogP contribution in [0.2, 0.25) is 0 Å². The van der Waals surface area contributed by atoms with Gasteiger partial charge in [-0.2, -0.15) is 0 Å². The third-order valence-electron chi connectivity index (χ3n) is 6.41. The number of amides is 2. The maximum absolute atomic E-state index is 13.8. The molecule has 2 amide bonds. The van der Waals surface area contributed by atoms with Crippen LogP contribution in [0.1, 0.15) is 47.7 Å². The average Bonchev–Trinajstić information content (AvgIpc) is 3.61. The highest BCUT2D eigenvalue weighted by Gasteiger charge is 2.35. The van der Waals surface area contributed by atoms with Gasteiger partial charge in [0.25, 0.3) is 0 Å². The molecule has 1 fully saturated rings. The number of anilines is 1. The maximum Gasteiger partial charge on any atom is 0.248 e. The zero-order valence-electron chi connectivity index (χ0n) is 19.2. The first-order valence-electron chi connectivity index (χ1n) is 11.7. The van der Waals surface area contributed by atoms with Crippen molar-refractivity contribution in [2.75, 3.05) is 11.7 Å². The summed E-state index contributed by atoms with van der Waals surface area (Å²) in [5, 5.41) is 5.18. The summed E-state index contributed by atoms with van der Waals surface area (Å²) in [7, 11) is 0. The van der Waals surface area contributed by atoms with Gasteiger partial charge in [-0.05, 0) is 48.9 Å². The van der Waals surface area contributed by atoms with Gasteiger partial charge < -0.3 is 14.8 Å². The van der Waals surface area contributed by atoms with Crippen LogP contribution in [0.15, 0.2) is 60.0 Å². The van der Waals surface area contributed by atoms with Crippen LogP contribution >= 0.6 is 11.3 Å². The fourth-order valence-electron chi connectivity index (χ4n) is 4.64. The summed E-state index contributed by atoms with van der Waals surface area (Å²) in [5.74, 6) is 0.906. The topological polar surface area (TPSA) is 67.9 Å². The summed E-state index contributed by atoms with van der Waals surface area (Å²) in [6.45, 7) is 2.15. The van der Waals surface area contributed by atoms with Crippen LogP contribution in [-0.2, 0) is 16.0 Å². The van der Waals surface area contributed by atoms with E-state index < -0.39 is 6.04 Å². The molecule has 1 atom stereocenters. The third-order valence-corrected chi connectivity index (χ3v) is 7.29. The summed E-state index contributed by atoms with van der Waals surface area (Å²) < 4.78 is 11.1. The first kappa shape index (κ1) is 22.5. The van der Waals surface area contributed by atoms with E-state index in [1.165, 1.54) is 11.3 Å². The van der Waals surface area contributed by atoms with Crippen molar-refractivity contribution in [3.63, 3.8) is 0 Å². The molecule has 2 heterocycles. The molecule has 1 aromatic heterocycles. The summed E-state index contributed by atoms with van der Waals surface area (Å²) >= 11 is 1.54. The van der Waals surface area contributed by atoms with Gasteiger partial charge >= 0.3 is 0 Å². The molecule has 1 aliphatic heterocycles. The van der Waals surface area contributed by atoms with Crippen LogP contribution in [0.4, 0.5) is 5.69 Å². The number of nitrogens with zero attached hydrogens (tertiary/aromatic N) is 1. The van der Waals surface area contributed by atoms with E-state index in [2.05, 4.69) is 5.32 Å². The lowest BCUT2D eigenvalue weighted by molar-refractivity contribution is -0.127. The molecule has 2 aromatic carbocycles. The number of ether oxygens (including phenoxy) is 2. The largest absolute Gasteiger partial charge is 0.454 e. The molecule has 1 aliphatic carbocycles. The molecule has 0 saturated heterocycles. The molecular formula is C27H28N2O4S. The molecule has 6 nitrogen and oxygen atoms in total. The zero-order chi connectivity index (χ0) is 23.5. The number of hydrogen-bond donors (Lipinski definition) is 1. The summed E-state index contributed by atoms with van der Waals surface area (Å²) in [6, 6.07) is 16.5. The van der Waals surface area contributed by atoms with Gasteiger partial charge in [0, 0.05) is 22.7 Å². The van der Waals surface area contributed by atoms with Crippen LogP contribution in [0.5, 0.6) is 11.5 Å². The van der Waals surface area contributed by atoms with Crippen molar-refractivity contribution in [1.29, 1.82) is 0 Å². The Kier molecular flexibility index (Phi) is 6.54. The highest BCUT2D eigenvalue weighted by atomic mass is 32.1. The predicted molar refractivity (Wildman–Crippen MR) is 132 cm³/mol. The van der Waals surface area contributed by atoms with E-state index in [1.54, 1.807) is 17.0 Å². The maximum atomic E-state index is 13.8. The highest BCUT2D eigenvalue weighted by molar-refractivity contribution is 7.10. The molecule has 176 valence electrons. The van der Waals surface area contributed by atoms with Gasteiger partial charge in [-0.25, -0.2) is 0 Å². The lowest BCUT2D eigenvalue weighted by atomic mass is 10.0. The molecule has 34 heavy (non-hydrogen) atoms. The number of fused-ring (bicyclic) bond motifs is 1. The minimum atomic E-state index is -0.797. The minimum Gasteiger partial charge on any atom is -0.454 e. The molecule has 0 radical (unpaired) electrons. The second-order valence-electron chi connectivity index (χ2n) is 8.86. The van der Waals surface area contributed by atoms with Crippen LogP contribution in [0.25, 0.3) is 0 Å². The first-order valence-corrected chi connectivity index (χ1v) is 12.6. The number of benzene rings is 2. The summed E-state index contributed by atoms with van der Waals surface area (Å²) in [4.78, 5) is 30.2. The van der Waals surface area contributed by atoms with Crippen molar-refractivity contribution in [2.45, 2.75) is 51.1 Å². The van der Waals surface area contributed by atoms with Crippen molar-refractivity contribution in [2.24, 2.45) is 0 Å². The smallest absolute Gasteiger partial charge is 0.248 e. The van der Waals surface area contributed by atoms with Gasteiger partial charge in [0.2, 0.25) is 18.6 Å². The van der Waals surface area contributed by atoms with Gasteiger partial charge in [0.05, 0.1) is 6.42 Å². The molecule has 0 bridgehead atoms. The van der Waals surface area contributed by atoms with E-state index in [9.17, 15) is 9.59 Å². The number of carbonyl (C=O) groups is 2. The number of thiophene rings is 1. The van der Waals surface area contributed by atoms with Gasteiger partial charge in [0.15, 0.2) is 11.5 Å². The van der Waals surface area contributed by atoms with Crippen molar-refractivity contribution < 1.29 is 19.1 Å². The number of carbonyl (C=O) groups excluding carboxylic acids is 2. The quantitative estimate of drug-likeness (QED) is 0.511. The predicted octanol–water partition coefficient (Wildman–Crippen LogP) is 5.16. The molecule has 1 N–H and O–H groups in total. The first-order chi connectivity index (χ1) is 16.6. The average molecular weight is 477 g/mol. The van der Waals surface area contributed by atoms with E-state index in [1.807, 2.05) is 54.8 Å². The third kappa shape index (κ3) is 4.80. The fourth-order valence-corrected chi connectivity index (χ4v) is 5.33. The molecule has 0 spiro atoms. The monoisotopic (exact) mass is 476 g/mol. The number of aryl methyl sites for hydroxylation is 1. The summed E-state index contributed by atoms with van der Waals surface area (Å²) in [5.41, 5.74) is 2.48. The standard InChI is InChI=1S/C27H28N2O4S/c1-18-8-10-19(11-9-18)26(27(31)28-20-5-2-3-6-20)29(25(30)16-22-7-4-14-34-22)21-12-13-23-24(15-21)33-17-32-23/h4,7-15,20,26H,2-3,5-6,16-17H2,1H3,(H,28,31)/t26-/m1/s1. The van der Waals surface area contributed by atoms with Crippen molar-refractivity contribution in [3.8, 4) is 11.5 Å². The molecular weight excluding hydrogens is 448 g/mol. The Bertz CT molecular complexity index is 1150. The van der Waals surface area contributed by atoms with Gasteiger partial charge in [-0.3, -0.25) is 14.5 Å². The van der Waals surface area contributed by atoms with Gasteiger partial charge in [-0.15, -0.1) is 11.3 Å². The molecule has 7 heteroatoms. The Labute approximate surface area is 203 Å². The Balaban J connectivity index is 1.56. The van der Waals surface area contributed by atoms with Crippen LogP contribution in [0.3, 0.4) is 0 Å². The van der Waals surface area contributed by atoms with Gasteiger partial charge in [-0.1, -0.05) is 48.7 Å². The van der Waals surface area contributed by atoms with Crippen molar-refractivity contribution in [3.05, 3.63) is 76.0 Å². The van der Waals surface area contributed by atoms with E-state index in [0.717, 1.165) is 41.7 Å². The molecule has 2 aliphatic rings. The van der Waals surface area contributed by atoms with E-state index >= 15 is 0 Å². The lowest BCUT2D eigenvalue weighted by Crippen LogP contribution is -2.46. The second kappa shape index (κ2) is 9.89. The van der Waals surface area contributed by atoms with Gasteiger partial charge in [0.1, 0.15) is 6.04 Å². The normalized spacial score (nSPS) is 15.8. The molecule has 1 saturated carbocycles. The Morgan fingerprint density at radius 1 is 1.06 bits per heavy atom. The fraction of sp³-hybridized carbons (Fsp3) is 0.333. The highest BCUT2D eigenvalue weighted by Crippen LogP contribution is 2.38. The summed E-state index contributed by atoms with van der Waals surface area (Å²) in [6.07, 6.45) is 4.39. The van der Waals surface area contributed by atoms with Crippen molar-refractivity contribution in [1.82, 2.24) is 5.32 Å². The number of nitrogens with one attached hydrogen (secondary N) is 1. The van der Waals surface area contributed by atoms with Crippen LogP contribution in [0, 0.1) is 6.92 Å². The lowest BCUT2D eigenvalue weighted by Gasteiger charge is -2.32. The van der Waals surface area contributed by atoms with Crippen molar-refractivity contribution >= 4 is 28.8 Å². The van der Waals surface area contributed by atoms with E-state index in [-0.39, 0.29) is 31.1 Å². The second-order valence-corrected chi connectivity index (χ2v) is 9.89. The zero-order valence-corrected chi connectivity index (χ0v) is 20.0. The Hall–Kier alpha value is -3.32. The SMILES string of the molecule is Cc1ccc([C@H](C(=O)NC2CCCC2)N(C(=O)Cc2cccs2)c2ccc3c(c2)OCO3)cc1. The minimum absolute atomic E-state index is 0.144. The van der Waals surface area contributed by atoms with E-state index in [4.69, 9.17) is 9.47 Å². The van der Waals surface area contributed by atoms with Crippen LogP contribution in [-0.4, -0.2) is 24.6 Å². The number of rotatable bonds is 7. The Morgan fingerprint density at radius 3 is 2.56 bits per heavy atom. The number of hydrogen-bond acceptors (Lipinski definition) is 5. The van der Waals surface area contributed by atoms with Crippen LogP contribution < -0.4 is 19.7 Å². The Morgan fingerprint density at radius 2 is 1.82 bits per heavy atom. The molecule has 3 aromatic rings. The van der Waals surface area contributed by atoms with E-state index in [0.29, 0.717) is 17.2 Å². The molecule has 5 rings (SSSR count). The molecule has 0 unspecified atom stereocenters.